The average molecular weight is 230 g/mol. The van der Waals surface area contributed by atoms with Gasteiger partial charge in [-0.3, -0.25) is 0 Å². The monoisotopic (exact) mass is 230 g/mol. The summed E-state index contributed by atoms with van der Waals surface area (Å²) in [5.41, 5.74) is 0. The average Bonchev–Trinajstić information content (AvgIpc) is 2.11. The predicted octanol–water partition coefficient (Wildman–Crippen LogP) is 0.919. The lowest BCUT2D eigenvalue weighted by Gasteiger charge is -2.03. The van der Waals surface area contributed by atoms with Crippen molar-refractivity contribution in [2.45, 2.75) is 4.90 Å². The van der Waals surface area contributed by atoms with Gasteiger partial charge in [-0.1, -0.05) is 0 Å². The molecule has 1 aromatic carbocycles. The number of benzene rings is 1. The summed E-state index contributed by atoms with van der Waals surface area (Å²) in [4.78, 5) is -1.60. The van der Waals surface area contributed by atoms with Crippen LogP contribution in [0.2, 0.25) is 0 Å². The Morgan fingerprint density at radius 1 is 0.857 bits per heavy atom. The first-order valence-electron chi connectivity index (χ1n) is 3.07. The molecule has 0 radical (unpaired) electrons. The highest BCUT2D eigenvalue weighted by atomic mass is 32.2. The van der Waals surface area contributed by atoms with Gasteiger partial charge in [-0.25, -0.2) is 21.6 Å². The smallest absolute Gasteiger partial charge is 0.205 e. The summed E-state index contributed by atoms with van der Waals surface area (Å²) in [6.45, 7) is 0. The van der Waals surface area contributed by atoms with Crippen molar-refractivity contribution in [2.75, 3.05) is 0 Å². The first-order chi connectivity index (χ1) is 6.37. The molecule has 0 amide bonds. The van der Waals surface area contributed by atoms with Crippen LogP contribution < -0.4 is 0 Å². The molecule has 0 aliphatic heterocycles. The third-order valence-electron chi connectivity index (χ3n) is 1.40. The van der Waals surface area contributed by atoms with Crippen LogP contribution in [0.15, 0.2) is 4.90 Å². The number of aromatic hydroxyl groups is 1. The number of phenolic OH excluding ortho intramolecular Hbond substituents is 1. The molecule has 78 valence electrons. The minimum atomic E-state index is -3.75. The summed E-state index contributed by atoms with van der Waals surface area (Å²) in [6, 6.07) is 0. The van der Waals surface area contributed by atoms with E-state index in [1.807, 2.05) is 0 Å². The molecule has 0 atom stereocenters. The molecule has 1 aromatic rings. The van der Waals surface area contributed by atoms with E-state index < -0.39 is 44.6 Å². The molecule has 8 heteroatoms. The lowest BCUT2D eigenvalue weighted by Crippen LogP contribution is -2.01. The van der Waals surface area contributed by atoms with E-state index >= 15 is 0 Å². The van der Waals surface area contributed by atoms with E-state index in [2.05, 4.69) is 0 Å². The van der Waals surface area contributed by atoms with Crippen LogP contribution >= 0.6 is 0 Å². The zero-order valence-electron chi connectivity index (χ0n) is 6.22. The van der Waals surface area contributed by atoms with E-state index in [-0.39, 0.29) is 0 Å². The van der Waals surface area contributed by atoms with Crippen LogP contribution in [-0.2, 0) is 10.7 Å². The summed E-state index contributed by atoms with van der Waals surface area (Å²) in [6.07, 6.45) is 0. The lowest BCUT2D eigenvalue weighted by atomic mass is 10.3. The number of thiol groups is 1. The molecule has 0 heterocycles. The number of phenols is 1. The fraction of sp³-hybridized carbons (Fsp3) is 0. The molecular formula is C6H2F4O3S. The summed E-state index contributed by atoms with van der Waals surface area (Å²) >= 11 is 0. The van der Waals surface area contributed by atoms with Crippen LogP contribution in [-0.4, -0.2) is 13.5 Å². The third-order valence-corrected chi connectivity index (χ3v) is 2.17. The van der Waals surface area contributed by atoms with E-state index in [0.29, 0.717) is 0 Å². The molecule has 0 bridgehead atoms. The highest BCUT2D eigenvalue weighted by Crippen LogP contribution is 2.30. The maximum atomic E-state index is 12.6. The number of halogens is 4. The van der Waals surface area contributed by atoms with E-state index in [1.54, 1.807) is 0 Å². The van der Waals surface area contributed by atoms with E-state index in [1.165, 1.54) is 0 Å². The van der Waals surface area contributed by atoms with Gasteiger partial charge < -0.3 is 5.11 Å². The summed E-state index contributed by atoms with van der Waals surface area (Å²) in [5.74, 6) is -10.6. The Kier molecular flexibility index (Phi) is 2.65. The van der Waals surface area contributed by atoms with Crippen LogP contribution in [0.3, 0.4) is 0 Å². The topological polar surface area (TPSA) is 54.4 Å². The van der Waals surface area contributed by atoms with Gasteiger partial charge in [0.25, 0.3) is 0 Å². The molecule has 0 aliphatic rings. The first kappa shape index (κ1) is 10.8. The predicted molar refractivity (Wildman–Crippen MR) is 36.5 cm³/mol. The summed E-state index contributed by atoms with van der Waals surface area (Å²) in [5, 5.41) is 8.65. The molecular weight excluding hydrogens is 228 g/mol. The Bertz CT molecular complexity index is 432. The Morgan fingerprint density at radius 3 is 1.71 bits per heavy atom. The van der Waals surface area contributed by atoms with Crippen molar-refractivity contribution in [3.05, 3.63) is 23.3 Å². The van der Waals surface area contributed by atoms with E-state index in [0.717, 1.165) is 0 Å². The van der Waals surface area contributed by atoms with Crippen LogP contribution in [0, 0.1) is 23.3 Å². The molecule has 0 fully saturated rings. The molecule has 0 unspecified atom stereocenters. The molecule has 0 saturated heterocycles. The molecule has 0 saturated carbocycles. The fourth-order valence-corrected chi connectivity index (χ4v) is 1.30. The van der Waals surface area contributed by atoms with Gasteiger partial charge in [0.1, 0.15) is 4.90 Å². The summed E-state index contributed by atoms with van der Waals surface area (Å²) in [7, 11) is -3.75. The van der Waals surface area contributed by atoms with Gasteiger partial charge in [0.05, 0.1) is 0 Å². The van der Waals surface area contributed by atoms with Crippen molar-refractivity contribution in [3.8, 4) is 5.75 Å². The van der Waals surface area contributed by atoms with Crippen molar-refractivity contribution in [3.63, 3.8) is 0 Å². The van der Waals surface area contributed by atoms with Crippen LogP contribution in [0.25, 0.3) is 0 Å². The summed E-state index contributed by atoms with van der Waals surface area (Å²) < 4.78 is 70.4. The molecule has 3 nitrogen and oxygen atoms in total. The van der Waals surface area contributed by atoms with E-state index in [4.69, 9.17) is 5.11 Å². The first-order valence-corrected chi connectivity index (χ1v) is 4.25. The molecule has 0 aromatic heterocycles. The zero-order valence-corrected chi connectivity index (χ0v) is 7.12. The SMILES string of the molecule is O=[SH](=O)c1c(O)c(F)c(F)c(F)c1F. The maximum absolute atomic E-state index is 12.6. The minimum absolute atomic E-state index is 1.60. The van der Waals surface area contributed by atoms with Crippen LogP contribution in [0.4, 0.5) is 17.6 Å². The highest BCUT2D eigenvalue weighted by molar-refractivity contribution is 7.72. The van der Waals surface area contributed by atoms with Crippen molar-refractivity contribution in [2.24, 2.45) is 0 Å². The standard InChI is InChI=1S/C6H2F4O3S/c7-1-2(8)4(10)6(14(12)13)5(11)3(1)9/h11,14H. The van der Waals surface area contributed by atoms with Gasteiger partial charge in [0.15, 0.2) is 28.1 Å². The van der Waals surface area contributed by atoms with E-state index in [9.17, 15) is 26.0 Å². The van der Waals surface area contributed by atoms with Crippen molar-refractivity contribution in [1.82, 2.24) is 0 Å². The number of rotatable bonds is 1. The normalized spacial score (nSPS) is 10.9. The number of hydrogen-bond donors (Lipinski definition) is 2. The number of hydrogen-bond acceptors (Lipinski definition) is 3. The largest absolute Gasteiger partial charge is 0.504 e. The highest BCUT2D eigenvalue weighted by Gasteiger charge is 2.26. The Balaban J connectivity index is 3.77. The third kappa shape index (κ3) is 1.41. The second-order valence-electron chi connectivity index (χ2n) is 2.21. The zero-order chi connectivity index (χ0) is 11.0. The van der Waals surface area contributed by atoms with Gasteiger partial charge in [-0.2, -0.15) is 4.39 Å². The van der Waals surface area contributed by atoms with Crippen molar-refractivity contribution in [1.29, 1.82) is 0 Å². The van der Waals surface area contributed by atoms with Gasteiger partial charge >= 0.3 is 0 Å². The molecule has 1 rings (SSSR count). The lowest BCUT2D eigenvalue weighted by molar-refractivity contribution is 0.346. The fourth-order valence-electron chi connectivity index (χ4n) is 0.775. The van der Waals surface area contributed by atoms with Crippen LogP contribution in [0.1, 0.15) is 0 Å². The Hall–Kier alpha value is -1.31. The molecule has 1 N–H and O–H groups in total. The quantitative estimate of drug-likeness (QED) is 0.326. The van der Waals surface area contributed by atoms with Crippen LogP contribution in [0.5, 0.6) is 5.75 Å². The Labute approximate surface area is 76.5 Å². The van der Waals surface area contributed by atoms with Gasteiger partial charge in [-0.15, -0.1) is 0 Å². The van der Waals surface area contributed by atoms with Crippen molar-refractivity contribution >= 4 is 10.7 Å². The second kappa shape index (κ2) is 3.45. The maximum Gasteiger partial charge on any atom is 0.205 e. The van der Waals surface area contributed by atoms with Gasteiger partial charge in [0.2, 0.25) is 11.6 Å². The molecule has 0 aliphatic carbocycles. The second-order valence-corrected chi connectivity index (χ2v) is 3.17. The van der Waals surface area contributed by atoms with Gasteiger partial charge in [-0.05, 0) is 0 Å². The van der Waals surface area contributed by atoms with Crippen molar-refractivity contribution < 1.29 is 31.1 Å². The molecule has 14 heavy (non-hydrogen) atoms. The van der Waals surface area contributed by atoms with Gasteiger partial charge in [0, 0.05) is 0 Å². The molecule has 0 spiro atoms. The Morgan fingerprint density at radius 2 is 1.29 bits per heavy atom. The minimum Gasteiger partial charge on any atom is -0.504 e.